The third-order valence-corrected chi connectivity index (χ3v) is 5.81. The van der Waals surface area contributed by atoms with Gasteiger partial charge in [0.05, 0.1) is 13.2 Å². The van der Waals surface area contributed by atoms with E-state index in [1.54, 1.807) is 24.3 Å². The summed E-state index contributed by atoms with van der Waals surface area (Å²) in [7, 11) is 0. The largest absolute Gasteiger partial charge is 0.494 e. The van der Waals surface area contributed by atoms with Crippen molar-refractivity contribution < 1.29 is 23.9 Å². The van der Waals surface area contributed by atoms with Crippen molar-refractivity contribution in [2.24, 2.45) is 0 Å². The Morgan fingerprint density at radius 2 is 1.88 bits per heavy atom. The van der Waals surface area contributed by atoms with Crippen LogP contribution in [0.4, 0.5) is 4.79 Å². The smallest absolute Gasteiger partial charge is 0.325 e. The van der Waals surface area contributed by atoms with Gasteiger partial charge in [0.2, 0.25) is 0 Å². The van der Waals surface area contributed by atoms with Gasteiger partial charge in [-0.15, -0.1) is 0 Å². The van der Waals surface area contributed by atoms with Crippen molar-refractivity contribution >= 4 is 17.8 Å². The van der Waals surface area contributed by atoms with E-state index in [0.717, 1.165) is 16.9 Å². The van der Waals surface area contributed by atoms with Crippen LogP contribution in [0.2, 0.25) is 0 Å². The van der Waals surface area contributed by atoms with Gasteiger partial charge in [0, 0.05) is 38.2 Å². The second-order valence-corrected chi connectivity index (χ2v) is 7.98. The molecule has 4 amide bonds. The van der Waals surface area contributed by atoms with Crippen molar-refractivity contribution in [3.63, 3.8) is 0 Å². The maximum Gasteiger partial charge on any atom is 0.325 e. The highest BCUT2D eigenvalue weighted by atomic mass is 16.5. The Kier molecular flexibility index (Phi) is 6.41. The Bertz CT molecular complexity index is 999. The van der Waals surface area contributed by atoms with Crippen LogP contribution in [0.15, 0.2) is 48.5 Å². The van der Waals surface area contributed by atoms with Crippen LogP contribution in [0.25, 0.3) is 0 Å². The van der Waals surface area contributed by atoms with Crippen LogP contribution < -0.4 is 15.4 Å². The lowest BCUT2D eigenvalue weighted by atomic mass is 9.90. The molecule has 2 aromatic rings. The molecular weight excluding hydrogens is 410 g/mol. The van der Waals surface area contributed by atoms with Gasteiger partial charge in [-0.3, -0.25) is 14.5 Å². The number of amides is 4. The predicted octanol–water partition coefficient (Wildman–Crippen LogP) is 2.62. The van der Waals surface area contributed by atoms with Crippen molar-refractivity contribution in [2.45, 2.75) is 38.4 Å². The molecule has 4 rings (SSSR count). The van der Waals surface area contributed by atoms with Crippen LogP contribution in [0.1, 0.15) is 41.3 Å². The van der Waals surface area contributed by atoms with Gasteiger partial charge in [-0.2, -0.15) is 0 Å². The molecule has 2 heterocycles. The van der Waals surface area contributed by atoms with E-state index < -0.39 is 5.54 Å². The Hall–Kier alpha value is -3.39. The van der Waals surface area contributed by atoms with Crippen molar-refractivity contribution in [2.75, 3.05) is 19.8 Å². The summed E-state index contributed by atoms with van der Waals surface area (Å²) in [5.74, 6) is 0.364. The normalized spacial score (nSPS) is 17.3. The zero-order valence-electron chi connectivity index (χ0n) is 18.1. The summed E-state index contributed by atoms with van der Waals surface area (Å²) >= 11 is 0. The Morgan fingerprint density at radius 3 is 2.59 bits per heavy atom. The van der Waals surface area contributed by atoms with Gasteiger partial charge in [-0.25, -0.2) is 4.79 Å². The molecule has 0 unspecified atom stereocenters. The number of imide groups is 1. The summed E-state index contributed by atoms with van der Waals surface area (Å²) in [6.45, 7) is 3.98. The zero-order chi connectivity index (χ0) is 22.6. The molecule has 0 atom stereocenters. The number of benzene rings is 2. The standard InChI is InChI=1S/C24H27N3O5/c1-2-32-20-5-3-4-18(14-20)15-25-21(28)19-8-6-17(7-9-19)16-27-22(29)24(26-23(27)30)10-12-31-13-11-24/h3-9,14H,2,10-13,15-16H2,1H3,(H,25,28)(H,26,30). The van der Waals surface area contributed by atoms with Gasteiger partial charge in [0.1, 0.15) is 11.3 Å². The number of nitrogens with zero attached hydrogens (tertiary/aromatic N) is 1. The number of hydrogen-bond acceptors (Lipinski definition) is 5. The first-order valence-electron chi connectivity index (χ1n) is 10.8. The van der Waals surface area contributed by atoms with Gasteiger partial charge in [-0.05, 0) is 42.3 Å². The van der Waals surface area contributed by atoms with Crippen LogP contribution in [0.5, 0.6) is 5.75 Å². The molecule has 2 aliphatic heterocycles. The molecule has 1 spiro atoms. The molecule has 0 aromatic heterocycles. The fourth-order valence-corrected chi connectivity index (χ4v) is 4.02. The second kappa shape index (κ2) is 9.40. The number of urea groups is 1. The lowest BCUT2D eigenvalue weighted by Crippen LogP contribution is -2.51. The van der Waals surface area contributed by atoms with E-state index in [2.05, 4.69) is 10.6 Å². The molecule has 0 radical (unpaired) electrons. The molecule has 168 valence electrons. The molecular formula is C24H27N3O5. The molecule has 0 aliphatic carbocycles. The van der Waals surface area contributed by atoms with Crippen LogP contribution in [-0.2, 0) is 22.6 Å². The second-order valence-electron chi connectivity index (χ2n) is 7.98. The van der Waals surface area contributed by atoms with E-state index in [-0.39, 0.29) is 24.4 Å². The monoisotopic (exact) mass is 437 g/mol. The molecule has 2 aliphatic rings. The highest BCUT2D eigenvalue weighted by Crippen LogP contribution is 2.29. The first-order chi connectivity index (χ1) is 15.5. The molecule has 2 saturated heterocycles. The summed E-state index contributed by atoms with van der Waals surface area (Å²) in [4.78, 5) is 39.0. The van der Waals surface area contributed by atoms with Gasteiger partial charge in [0.25, 0.3) is 11.8 Å². The summed E-state index contributed by atoms with van der Waals surface area (Å²) < 4.78 is 10.8. The highest BCUT2D eigenvalue weighted by Gasteiger charge is 2.51. The number of carbonyl (C=O) groups is 3. The maximum absolute atomic E-state index is 12.9. The van der Waals surface area contributed by atoms with Crippen LogP contribution >= 0.6 is 0 Å². The fourth-order valence-electron chi connectivity index (χ4n) is 4.02. The average Bonchev–Trinajstić information content (AvgIpc) is 3.02. The van der Waals surface area contributed by atoms with E-state index in [1.165, 1.54) is 4.90 Å². The Labute approximate surface area is 186 Å². The molecule has 0 bridgehead atoms. The molecule has 32 heavy (non-hydrogen) atoms. The summed E-state index contributed by atoms with van der Waals surface area (Å²) in [5, 5.41) is 5.74. The minimum absolute atomic E-state index is 0.166. The van der Waals surface area contributed by atoms with Crippen LogP contribution in [0, 0.1) is 0 Å². The molecule has 2 aromatic carbocycles. The average molecular weight is 437 g/mol. The van der Waals surface area contributed by atoms with E-state index in [4.69, 9.17) is 9.47 Å². The van der Waals surface area contributed by atoms with Gasteiger partial charge in [0.15, 0.2) is 0 Å². The molecule has 8 heteroatoms. The van der Waals surface area contributed by atoms with Gasteiger partial charge >= 0.3 is 6.03 Å². The Morgan fingerprint density at radius 1 is 1.12 bits per heavy atom. The minimum Gasteiger partial charge on any atom is -0.494 e. The van der Waals surface area contributed by atoms with E-state index in [9.17, 15) is 14.4 Å². The summed E-state index contributed by atoms with van der Waals surface area (Å²) in [6, 6.07) is 14.1. The number of nitrogens with one attached hydrogen (secondary N) is 2. The number of ether oxygens (including phenoxy) is 2. The zero-order valence-corrected chi connectivity index (χ0v) is 18.1. The molecule has 2 N–H and O–H groups in total. The topological polar surface area (TPSA) is 97.0 Å². The first-order valence-corrected chi connectivity index (χ1v) is 10.8. The maximum atomic E-state index is 12.9. The van der Waals surface area contributed by atoms with Crippen molar-refractivity contribution in [3.8, 4) is 5.75 Å². The molecule has 8 nitrogen and oxygen atoms in total. The quantitative estimate of drug-likeness (QED) is 0.649. The highest BCUT2D eigenvalue weighted by molar-refractivity contribution is 6.07. The SMILES string of the molecule is CCOc1cccc(CNC(=O)c2ccc(CN3C(=O)NC4(CCOCC4)C3=O)cc2)c1. The third-order valence-electron chi connectivity index (χ3n) is 5.81. The Balaban J connectivity index is 1.35. The van der Waals surface area contributed by atoms with Crippen molar-refractivity contribution in [1.29, 1.82) is 0 Å². The van der Waals surface area contributed by atoms with Crippen LogP contribution in [0.3, 0.4) is 0 Å². The van der Waals surface area contributed by atoms with Gasteiger partial charge in [-0.1, -0.05) is 24.3 Å². The lowest BCUT2D eigenvalue weighted by molar-refractivity contribution is -0.134. The summed E-state index contributed by atoms with van der Waals surface area (Å²) in [6.07, 6.45) is 0.974. The van der Waals surface area contributed by atoms with Crippen molar-refractivity contribution in [3.05, 3.63) is 65.2 Å². The van der Waals surface area contributed by atoms with E-state index in [0.29, 0.717) is 44.8 Å². The first kappa shape index (κ1) is 21.8. The van der Waals surface area contributed by atoms with Gasteiger partial charge < -0.3 is 20.1 Å². The van der Waals surface area contributed by atoms with E-state index >= 15 is 0 Å². The number of carbonyl (C=O) groups excluding carboxylic acids is 3. The molecule has 0 saturated carbocycles. The number of rotatable bonds is 7. The van der Waals surface area contributed by atoms with Crippen LogP contribution in [-0.4, -0.2) is 48.1 Å². The van der Waals surface area contributed by atoms with E-state index in [1.807, 2.05) is 31.2 Å². The fraction of sp³-hybridized carbons (Fsp3) is 0.375. The lowest BCUT2D eigenvalue weighted by Gasteiger charge is -2.30. The third kappa shape index (κ3) is 4.60. The van der Waals surface area contributed by atoms with Crippen molar-refractivity contribution in [1.82, 2.24) is 15.5 Å². The predicted molar refractivity (Wildman–Crippen MR) is 117 cm³/mol. The summed E-state index contributed by atoms with van der Waals surface area (Å²) in [5.41, 5.74) is 1.39. The molecule has 2 fully saturated rings. The number of hydrogen-bond donors (Lipinski definition) is 2. The minimum atomic E-state index is -0.839.